The minimum absolute atomic E-state index is 0.126. The fraction of sp³-hybridized carbons (Fsp3) is 0.333. The fourth-order valence-corrected chi connectivity index (χ4v) is 2.94. The number of aromatic nitrogens is 2. The van der Waals surface area contributed by atoms with Crippen LogP contribution >= 0.6 is 11.5 Å². The Labute approximate surface area is 138 Å². The third kappa shape index (κ3) is 3.02. The van der Waals surface area contributed by atoms with E-state index in [4.69, 9.17) is 4.84 Å². The molecule has 0 bridgehead atoms. The van der Waals surface area contributed by atoms with E-state index in [2.05, 4.69) is 19.8 Å². The second kappa shape index (κ2) is 5.96. The molecule has 1 aromatic carbocycles. The van der Waals surface area contributed by atoms with E-state index in [0.29, 0.717) is 5.82 Å². The van der Waals surface area contributed by atoms with E-state index in [1.165, 1.54) is 11.5 Å². The molecule has 2 aromatic rings. The summed E-state index contributed by atoms with van der Waals surface area (Å²) in [6, 6.07) is 3.94. The van der Waals surface area contributed by atoms with E-state index in [1.807, 2.05) is 45.0 Å². The van der Waals surface area contributed by atoms with Crippen molar-refractivity contribution in [2.45, 2.75) is 20.5 Å². The van der Waals surface area contributed by atoms with Gasteiger partial charge in [-0.05, 0) is 25.5 Å². The zero-order chi connectivity index (χ0) is 16.6. The van der Waals surface area contributed by atoms with Gasteiger partial charge in [0.25, 0.3) is 5.91 Å². The maximum Gasteiger partial charge on any atom is 0.278 e. The molecule has 1 aromatic heterocycles. The first kappa shape index (κ1) is 15.4. The van der Waals surface area contributed by atoms with Crippen LogP contribution in [-0.2, 0) is 16.2 Å². The fourth-order valence-electron chi connectivity index (χ4n) is 2.35. The molecule has 1 aliphatic heterocycles. The Kier molecular flexibility index (Phi) is 3.99. The molecule has 1 aliphatic rings. The Morgan fingerprint density at radius 3 is 2.83 bits per heavy atom. The van der Waals surface area contributed by atoms with Crippen LogP contribution in [0.3, 0.4) is 0 Å². The SMILES string of the molecule is Cc1cc(C)c2c(c1)C(=NOCc1nsc(N(C)C)n1)C(=O)N2. The molecule has 7 nitrogen and oxygen atoms in total. The maximum absolute atomic E-state index is 12.1. The van der Waals surface area contributed by atoms with Gasteiger partial charge >= 0.3 is 0 Å². The lowest BCUT2D eigenvalue weighted by atomic mass is 10.0. The Balaban J connectivity index is 1.77. The standard InChI is InChI=1S/C15H17N5O2S/c1-8-5-9(2)12-10(6-8)13(14(21)17-12)18-22-7-11-16-15(20(3)4)23-19-11/h5-6H,7H2,1-4H3,(H,17,18,21). The lowest BCUT2D eigenvalue weighted by Crippen LogP contribution is -2.15. The molecule has 1 N–H and O–H groups in total. The van der Waals surface area contributed by atoms with Crippen molar-refractivity contribution in [2.24, 2.45) is 5.16 Å². The normalized spacial score (nSPS) is 14.8. The number of nitrogens with one attached hydrogen (secondary N) is 1. The predicted molar refractivity (Wildman–Crippen MR) is 90.1 cm³/mol. The molecule has 0 atom stereocenters. The first-order chi connectivity index (χ1) is 11.0. The van der Waals surface area contributed by atoms with Crippen LogP contribution in [0.5, 0.6) is 0 Å². The highest BCUT2D eigenvalue weighted by molar-refractivity contribution is 7.09. The first-order valence-electron chi connectivity index (χ1n) is 7.08. The molecule has 2 heterocycles. The number of oxime groups is 1. The molecule has 0 spiro atoms. The number of carbonyl (C=O) groups excluding carboxylic acids is 1. The number of aryl methyl sites for hydroxylation is 2. The van der Waals surface area contributed by atoms with Gasteiger partial charge in [0.2, 0.25) is 5.13 Å². The highest BCUT2D eigenvalue weighted by Gasteiger charge is 2.28. The molecular weight excluding hydrogens is 314 g/mol. The number of fused-ring (bicyclic) bond motifs is 1. The van der Waals surface area contributed by atoms with Crippen molar-refractivity contribution in [1.29, 1.82) is 0 Å². The predicted octanol–water partition coefficient (Wildman–Crippen LogP) is 2.09. The summed E-state index contributed by atoms with van der Waals surface area (Å²) in [6.07, 6.45) is 0. The molecule has 120 valence electrons. The van der Waals surface area contributed by atoms with Gasteiger partial charge in [0.05, 0.1) is 5.69 Å². The van der Waals surface area contributed by atoms with Gasteiger partial charge in [0.15, 0.2) is 18.1 Å². The van der Waals surface area contributed by atoms with Crippen molar-refractivity contribution < 1.29 is 9.63 Å². The zero-order valence-electron chi connectivity index (χ0n) is 13.4. The number of hydrogen-bond acceptors (Lipinski definition) is 7. The van der Waals surface area contributed by atoms with Crippen LogP contribution in [0.1, 0.15) is 22.5 Å². The second-order valence-corrected chi connectivity index (χ2v) is 6.29. The van der Waals surface area contributed by atoms with E-state index in [0.717, 1.165) is 27.5 Å². The molecule has 0 saturated heterocycles. The van der Waals surface area contributed by atoms with Gasteiger partial charge in [-0.2, -0.15) is 9.36 Å². The van der Waals surface area contributed by atoms with Gasteiger partial charge in [-0.15, -0.1) is 0 Å². The number of carbonyl (C=O) groups is 1. The molecule has 8 heteroatoms. The van der Waals surface area contributed by atoms with Crippen LogP contribution in [0.4, 0.5) is 10.8 Å². The second-order valence-electron chi connectivity index (χ2n) is 5.56. The molecule has 0 radical (unpaired) electrons. The van der Waals surface area contributed by atoms with E-state index in [9.17, 15) is 4.79 Å². The van der Waals surface area contributed by atoms with Gasteiger partial charge in [-0.1, -0.05) is 16.8 Å². The summed E-state index contributed by atoms with van der Waals surface area (Å²) in [5, 5.41) is 7.62. The lowest BCUT2D eigenvalue weighted by Gasteiger charge is -2.04. The van der Waals surface area contributed by atoms with Crippen LogP contribution in [0, 0.1) is 13.8 Å². The molecule has 1 amide bonds. The molecular formula is C15H17N5O2S. The van der Waals surface area contributed by atoms with Crippen LogP contribution < -0.4 is 10.2 Å². The van der Waals surface area contributed by atoms with Crippen LogP contribution in [0.2, 0.25) is 0 Å². The van der Waals surface area contributed by atoms with Crippen molar-refractivity contribution in [3.63, 3.8) is 0 Å². The molecule has 0 unspecified atom stereocenters. The highest BCUT2D eigenvalue weighted by atomic mass is 32.1. The van der Waals surface area contributed by atoms with Gasteiger partial charge in [0.1, 0.15) is 0 Å². The average molecular weight is 331 g/mol. The van der Waals surface area contributed by atoms with E-state index >= 15 is 0 Å². The van der Waals surface area contributed by atoms with Crippen molar-refractivity contribution in [3.8, 4) is 0 Å². The van der Waals surface area contributed by atoms with Crippen molar-refractivity contribution in [3.05, 3.63) is 34.6 Å². The van der Waals surface area contributed by atoms with Gasteiger partial charge in [-0.3, -0.25) is 4.79 Å². The average Bonchev–Trinajstić information content (AvgIpc) is 3.06. The topological polar surface area (TPSA) is 79.7 Å². The van der Waals surface area contributed by atoms with E-state index in [1.54, 1.807) is 0 Å². The lowest BCUT2D eigenvalue weighted by molar-refractivity contribution is -0.110. The minimum atomic E-state index is -0.256. The Bertz CT molecular complexity index is 797. The van der Waals surface area contributed by atoms with Gasteiger partial charge in [-0.25, -0.2) is 0 Å². The summed E-state index contributed by atoms with van der Waals surface area (Å²) >= 11 is 1.29. The summed E-state index contributed by atoms with van der Waals surface area (Å²) < 4.78 is 4.19. The Morgan fingerprint density at radius 2 is 2.13 bits per heavy atom. The number of amides is 1. The third-order valence-electron chi connectivity index (χ3n) is 3.38. The summed E-state index contributed by atoms with van der Waals surface area (Å²) in [5.41, 5.74) is 3.93. The van der Waals surface area contributed by atoms with Crippen molar-refractivity contribution >= 4 is 34.0 Å². The quantitative estimate of drug-likeness (QED) is 0.868. The Hall–Kier alpha value is -2.48. The summed E-state index contributed by atoms with van der Waals surface area (Å²) in [5.74, 6) is 0.288. The largest absolute Gasteiger partial charge is 0.387 e. The summed E-state index contributed by atoms with van der Waals surface area (Å²) in [4.78, 5) is 23.5. The van der Waals surface area contributed by atoms with E-state index < -0.39 is 0 Å². The molecule has 0 fully saturated rings. The van der Waals surface area contributed by atoms with Crippen molar-refractivity contribution in [1.82, 2.24) is 9.36 Å². The minimum Gasteiger partial charge on any atom is -0.387 e. The van der Waals surface area contributed by atoms with Crippen molar-refractivity contribution in [2.75, 3.05) is 24.3 Å². The number of hydrogen-bond donors (Lipinski definition) is 1. The molecule has 23 heavy (non-hydrogen) atoms. The van der Waals surface area contributed by atoms with Crippen LogP contribution in [0.15, 0.2) is 17.3 Å². The first-order valence-corrected chi connectivity index (χ1v) is 7.86. The van der Waals surface area contributed by atoms with Gasteiger partial charge < -0.3 is 15.1 Å². The van der Waals surface area contributed by atoms with Crippen LogP contribution in [0.25, 0.3) is 0 Å². The summed E-state index contributed by atoms with van der Waals surface area (Å²) in [7, 11) is 3.80. The molecule has 0 aliphatic carbocycles. The number of nitrogens with zero attached hydrogens (tertiary/aromatic N) is 4. The zero-order valence-corrected chi connectivity index (χ0v) is 14.2. The molecule has 0 saturated carbocycles. The maximum atomic E-state index is 12.1. The Morgan fingerprint density at radius 1 is 1.35 bits per heavy atom. The van der Waals surface area contributed by atoms with E-state index in [-0.39, 0.29) is 18.2 Å². The van der Waals surface area contributed by atoms with Crippen LogP contribution in [-0.4, -0.2) is 35.1 Å². The monoisotopic (exact) mass is 331 g/mol. The smallest absolute Gasteiger partial charge is 0.278 e. The number of anilines is 2. The number of rotatable bonds is 4. The highest BCUT2D eigenvalue weighted by Crippen LogP contribution is 2.28. The summed E-state index contributed by atoms with van der Waals surface area (Å²) in [6.45, 7) is 4.07. The van der Waals surface area contributed by atoms with Gasteiger partial charge in [0, 0.05) is 31.2 Å². The number of benzene rings is 1. The molecule has 3 rings (SSSR count). The third-order valence-corrected chi connectivity index (χ3v) is 4.30.